The number of halogens is 2. The second-order valence-corrected chi connectivity index (χ2v) is 15.0. The first-order valence-electron chi connectivity index (χ1n) is 15.7. The maximum absolute atomic E-state index is 14.0. The van der Waals surface area contributed by atoms with E-state index in [2.05, 4.69) is 21.8 Å². The third kappa shape index (κ3) is 6.83. The Labute approximate surface area is 284 Å². The van der Waals surface area contributed by atoms with Gasteiger partial charge >= 0.3 is 5.97 Å². The molecule has 1 atom stereocenters. The van der Waals surface area contributed by atoms with Crippen LogP contribution in [0.5, 0.6) is 11.8 Å². The monoisotopic (exact) mass is 701 g/mol. The van der Waals surface area contributed by atoms with Gasteiger partial charge in [-0.05, 0) is 63.5 Å². The van der Waals surface area contributed by atoms with Crippen molar-refractivity contribution in [2.24, 2.45) is 5.41 Å². The zero-order valence-electron chi connectivity index (χ0n) is 28.4. The largest absolute Gasteiger partial charge is 0.481 e. The molecule has 3 aromatic rings. The lowest BCUT2D eigenvalue weighted by Gasteiger charge is -2.38. The summed E-state index contributed by atoms with van der Waals surface area (Å²) < 4.78 is 74.8. The van der Waals surface area contributed by atoms with Crippen molar-refractivity contribution in [2.75, 3.05) is 33.4 Å². The van der Waals surface area contributed by atoms with Gasteiger partial charge < -0.3 is 19.3 Å². The number of aliphatic carboxylic acids is 1. The number of pyridine rings is 2. The SMILES string of the molecule is C=C(/C=C\C(C)=C(/C)CN1CC2(CCOCC2)Oc2nc(OC)ccc2S1(=O)=O)[C@@H](c1ccn2c(C(F)F)nnc2c1C)C(C)(C)C(=O)O. The molecule has 0 saturated carbocycles. The molecule has 15 heteroatoms. The number of hydrogen-bond donors (Lipinski definition) is 1. The van der Waals surface area contributed by atoms with E-state index in [1.165, 1.54) is 34.1 Å². The summed E-state index contributed by atoms with van der Waals surface area (Å²) in [5.41, 5.74) is 0.996. The third-order valence-electron chi connectivity index (χ3n) is 9.49. The van der Waals surface area contributed by atoms with E-state index >= 15 is 0 Å². The molecule has 2 aliphatic heterocycles. The van der Waals surface area contributed by atoms with E-state index in [-0.39, 0.29) is 35.4 Å². The minimum absolute atomic E-state index is 0.00423. The molecule has 5 heterocycles. The van der Waals surface area contributed by atoms with Crippen molar-refractivity contribution in [3.63, 3.8) is 0 Å². The van der Waals surface area contributed by atoms with Crippen LogP contribution in [0.15, 0.2) is 64.7 Å². The number of carboxylic acids is 1. The highest BCUT2D eigenvalue weighted by Gasteiger charge is 2.46. The average molecular weight is 702 g/mol. The van der Waals surface area contributed by atoms with Crippen molar-refractivity contribution in [2.45, 2.75) is 70.3 Å². The van der Waals surface area contributed by atoms with Gasteiger partial charge in [-0.15, -0.1) is 10.2 Å². The molecule has 12 nitrogen and oxygen atoms in total. The number of nitrogens with zero attached hydrogens (tertiary/aromatic N) is 5. The number of rotatable bonds is 10. The molecule has 3 aromatic heterocycles. The molecular formula is C34H41F2N5O7S. The van der Waals surface area contributed by atoms with Crippen LogP contribution in [-0.2, 0) is 19.6 Å². The number of sulfonamides is 1. The molecule has 0 aromatic carbocycles. The van der Waals surface area contributed by atoms with E-state index in [4.69, 9.17) is 14.2 Å². The molecule has 1 saturated heterocycles. The second-order valence-electron chi connectivity index (χ2n) is 13.1. The number of hydrogen-bond acceptors (Lipinski definition) is 9. The Morgan fingerprint density at radius 3 is 2.51 bits per heavy atom. The molecular weight excluding hydrogens is 660 g/mol. The number of aryl methyl sites for hydroxylation is 1. The highest BCUT2D eigenvalue weighted by molar-refractivity contribution is 7.89. The van der Waals surface area contributed by atoms with Crippen molar-refractivity contribution in [3.8, 4) is 11.8 Å². The summed E-state index contributed by atoms with van der Waals surface area (Å²) in [5, 5.41) is 17.8. The summed E-state index contributed by atoms with van der Waals surface area (Å²) in [7, 11) is -2.59. The fraction of sp³-hybridized carbons (Fsp3) is 0.471. The first-order valence-corrected chi connectivity index (χ1v) is 17.2. The lowest BCUT2D eigenvalue weighted by atomic mass is 9.70. The van der Waals surface area contributed by atoms with Crippen molar-refractivity contribution in [1.29, 1.82) is 0 Å². The van der Waals surface area contributed by atoms with Crippen LogP contribution in [0.4, 0.5) is 8.78 Å². The molecule has 0 bridgehead atoms. The summed E-state index contributed by atoms with van der Waals surface area (Å²) in [6, 6.07) is 4.52. The van der Waals surface area contributed by atoms with Gasteiger partial charge in [0.2, 0.25) is 27.6 Å². The fourth-order valence-electron chi connectivity index (χ4n) is 6.33. The van der Waals surface area contributed by atoms with Crippen molar-refractivity contribution < 1.29 is 41.3 Å². The van der Waals surface area contributed by atoms with Crippen LogP contribution in [-0.4, -0.2) is 82.4 Å². The minimum Gasteiger partial charge on any atom is -0.481 e. The Morgan fingerprint density at radius 2 is 1.88 bits per heavy atom. The smallest absolute Gasteiger partial charge is 0.310 e. The summed E-state index contributed by atoms with van der Waals surface area (Å²) in [6.07, 6.45) is 3.01. The average Bonchev–Trinajstić information content (AvgIpc) is 3.47. The van der Waals surface area contributed by atoms with Crippen LogP contribution >= 0.6 is 0 Å². The normalized spacial score (nSPS) is 19.0. The Kier molecular flexibility index (Phi) is 10.0. The van der Waals surface area contributed by atoms with Gasteiger partial charge in [0.25, 0.3) is 6.43 Å². The number of ether oxygens (including phenoxy) is 3. The fourth-order valence-corrected chi connectivity index (χ4v) is 7.93. The second kappa shape index (κ2) is 13.6. The first kappa shape index (κ1) is 36.1. The molecule has 5 rings (SSSR count). The molecule has 0 unspecified atom stereocenters. The highest BCUT2D eigenvalue weighted by atomic mass is 32.2. The van der Waals surface area contributed by atoms with Crippen LogP contribution in [0.2, 0.25) is 0 Å². The van der Waals surface area contributed by atoms with E-state index in [1.54, 1.807) is 39.0 Å². The van der Waals surface area contributed by atoms with Crippen LogP contribution in [0, 0.1) is 12.3 Å². The van der Waals surface area contributed by atoms with Gasteiger partial charge in [0, 0.05) is 37.6 Å². The molecule has 1 fully saturated rings. The number of aromatic nitrogens is 4. The third-order valence-corrected chi connectivity index (χ3v) is 11.3. The topological polar surface area (TPSA) is 145 Å². The highest BCUT2D eigenvalue weighted by Crippen LogP contribution is 2.44. The van der Waals surface area contributed by atoms with E-state index in [1.807, 2.05) is 13.8 Å². The molecule has 0 amide bonds. The van der Waals surface area contributed by atoms with E-state index in [0.717, 1.165) is 11.1 Å². The maximum atomic E-state index is 14.0. The van der Waals surface area contributed by atoms with Gasteiger partial charge in [-0.25, -0.2) is 17.2 Å². The van der Waals surface area contributed by atoms with Gasteiger partial charge in [-0.1, -0.05) is 29.9 Å². The number of allylic oxidation sites excluding steroid dienone is 4. The lowest BCUT2D eigenvalue weighted by Crippen LogP contribution is -2.51. The summed E-state index contributed by atoms with van der Waals surface area (Å²) in [6.45, 7) is 13.7. The van der Waals surface area contributed by atoms with Crippen molar-refractivity contribution in [1.82, 2.24) is 23.9 Å². The molecule has 264 valence electrons. The number of alkyl halides is 2. The number of carbonyl (C=O) groups is 1. The molecule has 2 aliphatic rings. The summed E-state index contributed by atoms with van der Waals surface area (Å²) in [4.78, 5) is 16.8. The zero-order chi connectivity index (χ0) is 35.9. The lowest BCUT2D eigenvalue weighted by molar-refractivity contribution is -0.147. The Bertz CT molecular complexity index is 1950. The predicted octanol–water partition coefficient (Wildman–Crippen LogP) is 5.65. The van der Waals surface area contributed by atoms with E-state index in [0.29, 0.717) is 42.8 Å². The molecule has 1 N–H and O–H groups in total. The number of methoxy groups -OCH3 is 1. The summed E-state index contributed by atoms with van der Waals surface area (Å²) in [5.74, 6) is -2.12. The minimum atomic E-state index is -4.04. The zero-order valence-corrected chi connectivity index (χ0v) is 29.2. The van der Waals surface area contributed by atoms with Crippen molar-refractivity contribution >= 4 is 21.6 Å². The Hall–Kier alpha value is -4.21. The molecule has 1 spiro atoms. The van der Waals surface area contributed by atoms with Gasteiger partial charge in [-0.3, -0.25) is 9.20 Å². The first-order chi connectivity index (χ1) is 23.0. The van der Waals surface area contributed by atoms with Crippen molar-refractivity contribution in [3.05, 3.63) is 76.8 Å². The Morgan fingerprint density at radius 1 is 1.18 bits per heavy atom. The molecule has 0 radical (unpaired) electrons. The standard InChI is InChI=1S/C34H41F2N5O7S/c1-20(8-9-21(2)27(33(5,6)32(42)43)24-12-15-41-29(23(24)4)38-39-30(41)28(35)36)22(3)18-40-19-34(13-16-47-17-14-34)48-31-25(49(40,44)45)10-11-26(37-31)46-7/h8-12,15,27-28H,2,13-14,16-19H2,1,3-7H3,(H,42,43)/b9-8-,22-20+/t27-/m0/s1. The van der Waals surface area contributed by atoms with E-state index < -0.39 is 45.2 Å². The van der Waals surface area contributed by atoms with Gasteiger partial charge in [0.15, 0.2) is 5.65 Å². The van der Waals surface area contributed by atoms with E-state index in [9.17, 15) is 27.1 Å². The van der Waals surface area contributed by atoms with Gasteiger partial charge in [-0.2, -0.15) is 9.29 Å². The molecule has 0 aliphatic carbocycles. The van der Waals surface area contributed by atoms with Gasteiger partial charge in [0.05, 0.1) is 32.3 Å². The Balaban J connectivity index is 1.48. The summed E-state index contributed by atoms with van der Waals surface area (Å²) >= 11 is 0. The quantitative estimate of drug-likeness (QED) is 0.263. The predicted molar refractivity (Wildman–Crippen MR) is 176 cm³/mol. The van der Waals surface area contributed by atoms with Gasteiger partial charge in [0.1, 0.15) is 10.5 Å². The van der Waals surface area contributed by atoms with Crippen LogP contribution in [0.3, 0.4) is 0 Å². The van der Waals surface area contributed by atoms with Crippen LogP contribution < -0.4 is 9.47 Å². The molecule has 49 heavy (non-hydrogen) atoms. The van der Waals surface area contributed by atoms with Crippen LogP contribution in [0.25, 0.3) is 5.65 Å². The van der Waals surface area contributed by atoms with Crippen LogP contribution in [0.1, 0.15) is 69.8 Å². The number of fused-ring (bicyclic) bond motifs is 2. The number of carboxylic acid groups (broad SMARTS) is 1. The maximum Gasteiger partial charge on any atom is 0.310 e.